The first-order valence-electron chi connectivity index (χ1n) is 23.8. The van der Waals surface area contributed by atoms with Crippen LogP contribution in [0.15, 0.2) is 30.5 Å². The second-order valence-corrected chi connectivity index (χ2v) is 20.4. The summed E-state index contributed by atoms with van der Waals surface area (Å²) in [6.07, 6.45) is -1.16. The van der Waals surface area contributed by atoms with Gasteiger partial charge >= 0.3 is 18.2 Å². The molecule has 3 saturated heterocycles. The Labute approximate surface area is 396 Å². The highest BCUT2D eigenvalue weighted by molar-refractivity contribution is 6.00. The lowest BCUT2D eigenvalue weighted by molar-refractivity contribution is -0.296. The zero-order chi connectivity index (χ0) is 49.6. The number of aliphatic hydroxyl groups is 1. The SMILES string of the molecule is CC[C@H]1OC(=O)[C@H](C)C(=O)[C@H](C)[C@@H](O[C@@H]2O[C@H](CN)CC(N(C)C)C2O)[C@](C)(OC)C[C@@H](C)CN[C@H](C)[C@H]2N(CCCCn3cc(-c4cccc(NC(=O)OC(C)(C)C)c4)nn3)C(=O)O[C@]12C. The van der Waals surface area contributed by atoms with Crippen LogP contribution in [0.1, 0.15) is 101 Å². The van der Waals surface area contributed by atoms with Gasteiger partial charge in [-0.2, -0.15) is 0 Å². The van der Waals surface area contributed by atoms with Crippen molar-refractivity contribution in [2.45, 2.75) is 174 Å². The van der Waals surface area contributed by atoms with Crippen LogP contribution in [0.5, 0.6) is 0 Å². The number of nitrogens with two attached hydrogens (primary N) is 1. The van der Waals surface area contributed by atoms with E-state index in [0.717, 1.165) is 5.56 Å². The van der Waals surface area contributed by atoms with Crippen molar-refractivity contribution in [2.75, 3.05) is 46.2 Å². The predicted molar refractivity (Wildman–Crippen MR) is 251 cm³/mol. The number of anilines is 1. The molecular formula is C48H78N8O11. The van der Waals surface area contributed by atoms with Crippen LogP contribution in [-0.2, 0) is 44.6 Å². The Bertz CT molecular complexity index is 2000. The van der Waals surface area contributed by atoms with E-state index >= 15 is 0 Å². The van der Waals surface area contributed by atoms with E-state index < -0.39 is 89.3 Å². The molecule has 0 radical (unpaired) electrons. The number of hydrogen-bond donors (Lipinski definition) is 4. The molecule has 4 heterocycles. The van der Waals surface area contributed by atoms with Crippen molar-refractivity contribution in [2.24, 2.45) is 23.5 Å². The van der Waals surface area contributed by atoms with Gasteiger partial charge in [-0.25, -0.2) is 9.59 Å². The van der Waals surface area contributed by atoms with Gasteiger partial charge in [0.2, 0.25) is 0 Å². The number of aliphatic hydroxyl groups excluding tert-OH is 1. The molecule has 2 unspecified atom stereocenters. The molecular weight excluding hydrogens is 865 g/mol. The summed E-state index contributed by atoms with van der Waals surface area (Å²) in [5.74, 6) is -3.36. The number of cyclic esters (lactones) is 1. The maximum absolute atomic E-state index is 14.5. The second kappa shape index (κ2) is 22.5. The highest BCUT2D eigenvalue weighted by Crippen LogP contribution is 2.40. The Morgan fingerprint density at radius 3 is 2.45 bits per heavy atom. The molecule has 376 valence electrons. The summed E-state index contributed by atoms with van der Waals surface area (Å²) in [6.45, 7) is 19.8. The van der Waals surface area contributed by atoms with E-state index in [1.165, 1.54) is 6.92 Å². The number of nitrogens with one attached hydrogen (secondary N) is 2. The lowest BCUT2D eigenvalue weighted by atomic mass is 9.78. The number of esters is 1. The monoisotopic (exact) mass is 943 g/mol. The highest BCUT2D eigenvalue weighted by Gasteiger charge is 2.59. The van der Waals surface area contributed by atoms with E-state index in [1.54, 1.807) is 63.4 Å². The van der Waals surface area contributed by atoms with Gasteiger partial charge in [-0.1, -0.05) is 38.1 Å². The number of fused-ring (bicyclic) bond motifs is 1. The van der Waals surface area contributed by atoms with Crippen LogP contribution in [0.3, 0.4) is 0 Å². The van der Waals surface area contributed by atoms with Crippen LogP contribution in [0, 0.1) is 17.8 Å². The first-order valence-corrected chi connectivity index (χ1v) is 23.8. The molecule has 1 aromatic carbocycles. The predicted octanol–water partition coefficient (Wildman–Crippen LogP) is 4.99. The molecule has 3 fully saturated rings. The minimum Gasteiger partial charge on any atom is -0.458 e. The summed E-state index contributed by atoms with van der Waals surface area (Å²) >= 11 is 0. The molecule has 2 aromatic rings. The Hall–Kier alpha value is -4.24. The summed E-state index contributed by atoms with van der Waals surface area (Å²) in [5.41, 5.74) is 5.03. The van der Waals surface area contributed by atoms with E-state index in [9.17, 15) is 24.3 Å². The molecule has 0 saturated carbocycles. The fraction of sp³-hybridized carbons (Fsp3) is 0.750. The number of hydrogen-bond acceptors (Lipinski definition) is 16. The number of rotatable bonds is 13. The van der Waals surface area contributed by atoms with Crippen LogP contribution in [0.25, 0.3) is 11.3 Å². The first-order chi connectivity index (χ1) is 31.4. The van der Waals surface area contributed by atoms with Crippen molar-refractivity contribution in [3.05, 3.63) is 30.5 Å². The molecule has 3 aliphatic heterocycles. The van der Waals surface area contributed by atoms with Crippen LogP contribution < -0.4 is 16.4 Å². The number of likely N-dealkylation sites (N-methyl/N-ethyl adjacent to an activating group) is 1. The number of unbranched alkanes of at least 4 members (excludes halogenated alkanes) is 1. The summed E-state index contributed by atoms with van der Waals surface area (Å²) in [7, 11) is 5.31. The number of ketones is 1. The molecule has 19 nitrogen and oxygen atoms in total. The Morgan fingerprint density at radius 2 is 1.81 bits per heavy atom. The third-order valence-corrected chi connectivity index (χ3v) is 13.6. The first kappa shape index (κ1) is 53.7. The van der Waals surface area contributed by atoms with Gasteiger partial charge in [-0.3, -0.25) is 24.5 Å². The zero-order valence-corrected chi connectivity index (χ0v) is 41.9. The van der Waals surface area contributed by atoms with E-state index in [0.29, 0.717) is 63.1 Å². The van der Waals surface area contributed by atoms with Gasteiger partial charge in [0.25, 0.3) is 0 Å². The number of Topliss-reactive ketones (excluding diaryl/α,β-unsaturated/α-hetero) is 1. The summed E-state index contributed by atoms with van der Waals surface area (Å²) in [4.78, 5) is 58.5. The van der Waals surface area contributed by atoms with E-state index in [-0.39, 0.29) is 24.5 Å². The van der Waals surface area contributed by atoms with Crippen LogP contribution in [-0.4, -0.2) is 160 Å². The standard InChI is InChI=1S/C48H78N8O11/c1-14-37-48(10)40(56(45(61)67-48)21-16-15-20-55-27-35(52-53-55)32-18-17-19-33(22-32)51-44(60)66-46(6,7)8)31(5)50-26-28(2)24-47(9,62-13)41(29(3)38(57)30(4)42(59)64-37)65-43-39(58)36(54(11)12)23-34(25-49)63-43/h17-19,22,27-31,34,36-37,39-41,43,50,58H,14-16,20-21,23-26,49H2,1-13H3,(H,51,60)/t28-,29+,30-,31-,34+,36?,37-,39?,40-,41-,43+,47-,48-/m1/s1. The molecule has 5 N–H and O–H groups in total. The maximum atomic E-state index is 14.5. The minimum absolute atomic E-state index is 0.0549. The molecule has 1 aromatic heterocycles. The van der Waals surface area contributed by atoms with Gasteiger partial charge < -0.3 is 49.5 Å². The molecule has 67 heavy (non-hydrogen) atoms. The van der Waals surface area contributed by atoms with Gasteiger partial charge in [0.1, 0.15) is 29.4 Å². The topological polar surface area (TPSA) is 231 Å². The van der Waals surface area contributed by atoms with Gasteiger partial charge in [-0.05, 0) is 119 Å². The van der Waals surface area contributed by atoms with Gasteiger partial charge in [0.15, 0.2) is 17.7 Å². The molecule has 0 aliphatic carbocycles. The molecule has 0 spiro atoms. The third kappa shape index (κ3) is 12.9. The quantitative estimate of drug-likeness (QED) is 0.0897. The van der Waals surface area contributed by atoms with Crippen LogP contribution >= 0.6 is 0 Å². The normalized spacial score (nSPS) is 33.6. The van der Waals surface area contributed by atoms with E-state index in [2.05, 4.69) is 27.9 Å². The van der Waals surface area contributed by atoms with Gasteiger partial charge in [0.05, 0.1) is 30.0 Å². The Kier molecular flexibility index (Phi) is 18.0. The summed E-state index contributed by atoms with van der Waals surface area (Å²) in [6, 6.07) is 6.06. The van der Waals surface area contributed by atoms with Crippen molar-refractivity contribution >= 4 is 29.6 Å². The van der Waals surface area contributed by atoms with Crippen molar-refractivity contribution in [1.82, 2.24) is 30.1 Å². The van der Waals surface area contributed by atoms with Crippen molar-refractivity contribution in [1.29, 1.82) is 0 Å². The average Bonchev–Trinajstić information content (AvgIpc) is 3.85. The number of aromatic nitrogens is 3. The number of ether oxygens (including phenoxy) is 6. The number of benzene rings is 1. The number of carbonyl (C=O) groups excluding carboxylic acids is 4. The molecule has 5 rings (SSSR count). The lowest BCUT2D eigenvalue weighted by Gasteiger charge is -2.47. The fourth-order valence-electron chi connectivity index (χ4n) is 9.97. The van der Waals surface area contributed by atoms with Crippen molar-refractivity contribution < 1.29 is 52.7 Å². The Morgan fingerprint density at radius 1 is 1.10 bits per heavy atom. The van der Waals surface area contributed by atoms with Crippen molar-refractivity contribution in [3.8, 4) is 11.3 Å². The minimum atomic E-state index is -1.27. The number of carbonyl (C=O) groups is 4. The average molecular weight is 943 g/mol. The van der Waals surface area contributed by atoms with Gasteiger partial charge in [0, 0.05) is 56.0 Å². The molecule has 19 heteroatoms. The second-order valence-electron chi connectivity index (χ2n) is 20.4. The number of amides is 2. The summed E-state index contributed by atoms with van der Waals surface area (Å²) in [5, 5.41) is 26.7. The van der Waals surface area contributed by atoms with Crippen molar-refractivity contribution in [3.63, 3.8) is 0 Å². The summed E-state index contributed by atoms with van der Waals surface area (Å²) < 4.78 is 38.7. The Balaban J connectivity index is 1.33. The third-order valence-electron chi connectivity index (χ3n) is 13.6. The van der Waals surface area contributed by atoms with Gasteiger partial charge in [-0.15, -0.1) is 5.10 Å². The highest BCUT2D eigenvalue weighted by atomic mass is 16.7. The molecule has 0 bridgehead atoms. The number of aryl methyl sites for hydroxylation is 1. The zero-order valence-electron chi connectivity index (χ0n) is 41.9. The van der Waals surface area contributed by atoms with E-state index in [1.807, 2.05) is 58.1 Å². The largest absolute Gasteiger partial charge is 0.458 e. The van der Waals surface area contributed by atoms with Crippen LogP contribution in [0.4, 0.5) is 15.3 Å². The lowest BCUT2D eigenvalue weighted by Crippen LogP contribution is -2.61. The molecule has 2 amide bonds. The van der Waals surface area contributed by atoms with Crippen LogP contribution in [0.2, 0.25) is 0 Å². The fourth-order valence-corrected chi connectivity index (χ4v) is 9.97. The smallest absolute Gasteiger partial charge is 0.412 e. The maximum Gasteiger partial charge on any atom is 0.412 e. The number of nitrogens with zero attached hydrogens (tertiary/aromatic N) is 5. The molecule has 3 aliphatic rings. The molecule has 13 atom stereocenters. The van der Waals surface area contributed by atoms with E-state index in [4.69, 9.17) is 34.2 Å². The number of methoxy groups -OCH3 is 1.